The van der Waals surface area contributed by atoms with Gasteiger partial charge in [-0.15, -0.1) is 0 Å². The number of hydrogen-bond acceptors (Lipinski definition) is 6. The van der Waals surface area contributed by atoms with E-state index in [9.17, 15) is 14.4 Å². The molecule has 0 unspecified atom stereocenters. The maximum atomic E-state index is 14.2. The van der Waals surface area contributed by atoms with E-state index in [1.165, 1.54) is 25.3 Å². The number of benzene rings is 1. The Kier molecular flexibility index (Phi) is 4.68. The predicted molar refractivity (Wildman–Crippen MR) is 91.0 cm³/mol. The number of amides is 1. The number of thiazole rings is 1. The van der Waals surface area contributed by atoms with Gasteiger partial charge in [-0.05, 0) is 24.3 Å². The molecule has 2 heterocycles. The van der Waals surface area contributed by atoms with Crippen LogP contribution in [0.5, 0.6) is 5.75 Å². The van der Waals surface area contributed by atoms with Gasteiger partial charge in [0, 0.05) is 6.20 Å². The number of pyridine rings is 1. The van der Waals surface area contributed by atoms with Gasteiger partial charge in [-0.1, -0.05) is 23.5 Å². The third-order valence-corrected chi connectivity index (χ3v) is 4.16. The molecule has 0 saturated carbocycles. The van der Waals surface area contributed by atoms with Crippen molar-refractivity contribution in [1.82, 2.24) is 9.97 Å². The SMILES string of the molecule is COc1cccc(C(=O)Nc2nc(-c3ccccn3)c(C#N)s2)c1F. The Morgan fingerprint density at radius 2 is 2.16 bits per heavy atom. The number of anilines is 1. The van der Waals surface area contributed by atoms with Gasteiger partial charge in [-0.3, -0.25) is 15.1 Å². The highest BCUT2D eigenvalue weighted by atomic mass is 32.1. The summed E-state index contributed by atoms with van der Waals surface area (Å²) in [5, 5.41) is 12.0. The van der Waals surface area contributed by atoms with Gasteiger partial charge in [0.2, 0.25) is 0 Å². The number of hydrogen-bond donors (Lipinski definition) is 1. The number of carbonyl (C=O) groups excluding carboxylic acids is 1. The van der Waals surface area contributed by atoms with Gasteiger partial charge in [0.15, 0.2) is 16.7 Å². The first-order valence-electron chi connectivity index (χ1n) is 7.10. The molecule has 0 aliphatic rings. The van der Waals surface area contributed by atoms with E-state index in [-0.39, 0.29) is 16.4 Å². The fourth-order valence-electron chi connectivity index (χ4n) is 2.13. The summed E-state index contributed by atoms with van der Waals surface area (Å²) in [6.45, 7) is 0. The lowest BCUT2D eigenvalue weighted by Gasteiger charge is -2.06. The lowest BCUT2D eigenvalue weighted by Crippen LogP contribution is -2.14. The molecular formula is C17H11FN4O2S. The molecule has 0 bridgehead atoms. The van der Waals surface area contributed by atoms with Gasteiger partial charge in [0.1, 0.15) is 16.6 Å². The molecule has 0 atom stereocenters. The molecule has 0 saturated heterocycles. The van der Waals surface area contributed by atoms with Gasteiger partial charge in [0.25, 0.3) is 5.91 Å². The summed E-state index contributed by atoms with van der Waals surface area (Å²) in [4.78, 5) is 21.0. The number of halogens is 1. The second-order valence-electron chi connectivity index (χ2n) is 4.80. The molecule has 0 radical (unpaired) electrons. The summed E-state index contributed by atoms with van der Waals surface area (Å²) in [5.74, 6) is -1.47. The first-order valence-corrected chi connectivity index (χ1v) is 7.92. The molecule has 2 aromatic heterocycles. The highest BCUT2D eigenvalue weighted by molar-refractivity contribution is 7.16. The van der Waals surface area contributed by atoms with Gasteiger partial charge in [-0.2, -0.15) is 5.26 Å². The van der Waals surface area contributed by atoms with Crippen LogP contribution in [0.3, 0.4) is 0 Å². The van der Waals surface area contributed by atoms with E-state index in [1.54, 1.807) is 24.4 Å². The molecule has 1 aromatic carbocycles. The number of nitriles is 1. The quantitative estimate of drug-likeness (QED) is 0.775. The fraction of sp³-hybridized carbons (Fsp3) is 0.0588. The van der Waals surface area contributed by atoms with Crippen LogP contribution in [0.25, 0.3) is 11.4 Å². The van der Waals surface area contributed by atoms with E-state index in [0.29, 0.717) is 16.3 Å². The maximum absolute atomic E-state index is 14.2. The van der Waals surface area contributed by atoms with E-state index in [4.69, 9.17) is 4.74 Å². The lowest BCUT2D eigenvalue weighted by molar-refractivity contribution is 0.102. The van der Waals surface area contributed by atoms with Gasteiger partial charge >= 0.3 is 0 Å². The van der Waals surface area contributed by atoms with Gasteiger partial charge < -0.3 is 4.74 Å². The molecule has 124 valence electrons. The lowest BCUT2D eigenvalue weighted by atomic mass is 10.2. The number of carbonyl (C=O) groups is 1. The number of methoxy groups -OCH3 is 1. The van der Waals surface area contributed by atoms with Crippen LogP contribution >= 0.6 is 11.3 Å². The standard InChI is InChI=1S/C17H11FN4O2S/c1-24-12-7-4-5-10(14(12)18)16(23)22-17-21-15(13(9-19)25-17)11-6-2-3-8-20-11/h2-8H,1H3,(H,21,22,23). The average molecular weight is 354 g/mol. The molecule has 8 heteroatoms. The van der Waals surface area contributed by atoms with E-state index in [0.717, 1.165) is 11.3 Å². The number of ether oxygens (including phenoxy) is 1. The summed E-state index contributed by atoms with van der Waals surface area (Å²) >= 11 is 0.995. The molecule has 0 aliphatic carbocycles. The molecule has 1 N–H and O–H groups in total. The van der Waals surface area contributed by atoms with Crippen LogP contribution < -0.4 is 10.1 Å². The predicted octanol–water partition coefficient (Wildman–Crippen LogP) is 3.48. The van der Waals surface area contributed by atoms with Crippen molar-refractivity contribution in [3.05, 3.63) is 58.9 Å². The molecular weight excluding hydrogens is 343 g/mol. The van der Waals surface area contributed by atoms with Crippen molar-refractivity contribution in [1.29, 1.82) is 5.26 Å². The van der Waals surface area contributed by atoms with Crippen molar-refractivity contribution in [2.45, 2.75) is 0 Å². The second kappa shape index (κ2) is 7.07. The summed E-state index contributed by atoms with van der Waals surface area (Å²) in [6.07, 6.45) is 1.58. The summed E-state index contributed by atoms with van der Waals surface area (Å²) < 4.78 is 19.0. The highest BCUT2D eigenvalue weighted by Gasteiger charge is 2.19. The Bertz CT molecular complexity index is 967. The third-order valence-electron chi connectivity index (χ3n) is 3.28. The number of nitrogens with one attached hydrogen (secondary N) is 1. The topological polar surface area (TPSA) is 87.9 Å². The zero-order valence-electron chi connectivity index (χ0n) is 13.0. The Morgan fingerprint density at radius 3 is 2.84 bits per heavy atom. The minimum atomic E-state index is -0.760. The maximum Gasteiger partial charge on any atom is 0.260 e. The van der Waals surface area contributed by atoms with Crippen LogP contribution in [0.15, 0.2) is 42.6 Å². The number of rotatable bonds is 4. The normalized spacial score (nSPS) is 10.1. The van der Waals surface area contributed by atoms with Crippen molar-refractivity contribution in [2.75, 3.05) is 12.4 Å². The Labute approximate surface area is 146 Å². The summed E-state index contributed by atoms with van der Waals surface area (Å²) in [7, 11) is 1.32. The zero-order chi connectivity index (χ0) is 17.8. The van der Waals surface area contributed by atoms with Gasteiger partial charge in [0.05, 0.1) is 18.4 Å². The molecule has 3 rings (SSSR count). The Morgan fingerprint density at radius 1 is 1.32 bits per heavy atom. The average Bonchev–Trinajstić information content (AvgIpc) is 3.05. The first-order chi connectivity index (χ1) is 12.1. The van der Waals surface area contributed by atoms with Crippen molar-refractivity contribution in [3.63, 3.8) is 0 Å². The van der Waals surface area contributed by atoms with Crippen LogP contribution in [0.4, 0.5) is 9.52 Å². The van der Waals surface area contributed by atoms with Crippen LogP contribution in [-0.2, 0) is 0 Å². The molecule has 25 heavy (non-hydrogen) atoms. The van der Waals surface area contributed by atoms with Crippen LogP contribution in [0, 0.1) is 17.1 Å². The van der Waals surface area contributed by atoms with Crippen LogP contribution in [-0.4, -0.2) is 23.0 Å². The van der Waals surface area contributed by atoms with E-state index >= 15 is 0 Å². The molecule has 6 nitrogen and oxygen atoms in total. The van der Waals surface area contributed by atoms with Gasteiger partial charge in [-0.25, -0.2) is 9.37 Å². The molecule has 1 amide bonds. The number of nitrogens with zero attached hydrogens (tertiary/aromatic N) is 3. The van der Waals surface area contributed by atoms with E-state index in [1.807, 2.05) is 6.07 Å². The second-order valence-corrected chi connectivity index (χ2v) is 5.80. The minimum absolute atomic E-state index is 0.0290. The van der Waals surface area contributed by atoms with Crippen LogP contribution in [0.1, 0.15) is 15.2 Å². The summed E-state index contributed by atoms with van der Waals surface area (Å²) in [6, 6.07) is 11.5. The van der Waals surface area contributed by atoms with Crippen molar-refractivity contribution >= 4 is 22.4 Å². The molecule has 3 aromatic rings. The molecule has 0 aliphatic heterocycles. The fourth-order valence-corrected chi connectivity index (χ4v) is 2.90. The van der Waals surface area contributed by atoms with Crippen molar-refractivity contribution in [3.8, 4) is 23.2 Å². The molecule has 0 fully saturated rings. The third kappa shape index (κ3) is 3.32. The first kappa shape index (κ1) is 16.5. The van der Waals surface area contributed by atoms with Crippen molar-refractivity contribution in [2.24, 2.45) is 0 Å². The number of aromatic nitrogens is 2. The van der Waals surface area contributed by atoms with Crippen molar-refractivity contribution < 1.29 is 13.9 Å². The van der Waals surface area contributed by atoms with E-state index in [2.05, 4.69) is 15.3 Å². The summed E-state index contributed by atoms with van der Waals surface area (Å²) in [5.41, 5.74) is 0.713. The Balaban J connectivity index is 1.91. The van der Waals surface area contributed by atoms with E-state index < -0.39 is 11.7 Å². The minimum Gasteiger partial charge on any atom is -0.494 e. The molecule has 0 spiro atoms. The largest absolute Gasteiger partial charge is 0.494 e. The monoisotopic (exact) mass is 354 g/mol. The highest BCUT2D eigenvalue weighted by Crippen LogP contribution is 2.30. The zero-order valence-corrected chi connectivity index (χ0v) is 13.8. The Hall–Kier alpha value is -3.31. The smallest absolute Gasteiger partial charge is 0.260 e. The van der Waals surface area contributed by atoms with Crippen LogP contribution in [0.2, 0.25) is 0 Å².